The molecule has 0 atom stereocenters. The second-order valence-electron chi connectivity index (χ2n) is 3.36. The monoisotopic (exact) mass is 334 g/mol. The fourth-order valence-electron chi connectivity index (χ4n) is 0.919. The lowest BCUT2D eigenvalue weighted by molar-refractivity contribution is -0.141. The van der Waals surface area contributed by atoms with Crippen LogP contribution in [0.5, 0.6) is 0 Å². The highest BCUT2D eigenvalue weighted by Gasteiger charge is 2.37. The van der Waals surface area contributed by atoms with Crippen molar-refractivity contribution in [2.75, 3.05) is 14.1 Å². The molecule has 1 heterocycles. The van der Waals surface area contributed by atoms with E-state index in [4.69, 9.17) is 35.4 Å². The molecule has 0 amide bonds. The molecule has 100 valence electrons. The van der Waals surface area contributed by atoms with E-state index in [9.17, 15) is 13.2 Å². The predicted molar refractivity (Wildman–Crippen MR) is 71.4 cm³/mol. The summed E-state index contributed by atoms with van der Waals surface area (Å²) in [7, 11) is 3.34. The summed E-state index contributed by atoms with van der Waals surface area (Å²) in [6, 6.07) is 0. The first-order chi connectivity index (χ1) is 8.14. The summed E-state index contributed by atoms with van der Waals surface area (Å²) in [6.07, 6.45) is -3.71. The number of pyridine rings is 1. The van der Waals surface area contributed by atoms with Crippen molar-refractivity contribution in [3.05, 3.63) is 21.9 Å². The van der Waals surface area contributed by atoms with Crippen LogP contribution in [0.1, 0.15) is 5.69 Å². The molecular weight excluding hydrogens is 328 g/mol. The Morgan fingerprint density at radius 3 is 2.39 bits per heavy atom. The Labute approximate surface area is 121 Å². The molecule has 0 radical (unpaired) electrons. The minimum absolute atomic E-state index is 0.0298. The molecule has 0 bridgehead atoms. The SMILES string of the molecule is CN(C)C(=S)Sc1c(Cl)cnc(C(F)(F)F)c1Cl. The summed E-state index contributed by atoms with van der Waals surface area (Å²) >= 11 is 17.3. The maximum absolute atomic E-state index is 12.6. The molecule has 0 aliphatic carbocycles. The average molecular weight is 335 g/mol. The summed E-state index contributed by atoms with van der Waals surface area (Å²) < 4.78 is 38.2. The highest BCUT2D eigenvalue weighted by Crippen LogP contribution is 2.41. The molecule has 0 spiro atoms. The first-order valence-electron chi connectivity index (χ1n) is 4.45. The van der Waals surface area contributed by atoms with E-state index in [0.29, 0.717) is 4.32 Å². The van der Waals surface area contributed by atoms with E-state index in [1.165, 1.54) is 0 Å². The Balaban J connectivity index is 3.23. The number of thiocarbonyl (C=S) groups is 1. The fourth-order valence-corrected chi connectivity index (χ4v) is 2.54. The summed E-state index contributed by atoms with van der Waals surface area (Å²) in [5, 5.41) is -0.508. The van der Waals surface area contributed by atoms with Crippen LogP contribution in [0.3, 0.4) is 0 Å². The Hall–Kier alpha value is -0.240. The molecule has 2 nitrogen and oxygen atoms in total. The molecule has 1 aromatic rings. The normalized spacial score (nSPS) is 11.5. The van der Waals surface area contributed by atoms with Crippen LogP contribution in [0.25, 0.3) is 0 Å². The topological polar surface area (TPSA) is 16.1 Å². The Bertz CT molecular complexity index is 478. The van der Waals surface area contributed by atoms with E-state index < -0.39 is 16.9 Å². The van der Waals surface area contributed by atoms with Crippen LogP contribution >= 0.6 is 47.2 Å². The Kier molecular flexibility index (Phi) is 5.11. The lowest BCUT2D eigenvalue weighted by Gasteiger charge is -2.16. The minimum atomic E-state index is -4.63. The van der Waals surface area contributed by atoms with Crippen molar-refractivity contribution < 1.29 is 13.2 Å². The van der Waals surface area contributed by atoms with Gasteiger partial charge in [0.05, 0.1) is 14.9 Å². The maximum Gasteiger partial charge on any atom is 0.434 e. The van der Waals surface area contributed by atoms with Crippen LogP contribution in [0, 0.1) is 0 Å². The molecule has 0 aromatic carbocycles. The van der Waals surface area contributed by atoms with E-state index >= 15 is 0 Å². The van der Waals surface area contributed by atoms with E-state index in [2.05, 4.69) is 4.98 Å². The van der Waals surface area contributed by atoms with E-state index in [-0.39, 0.29) is 9.92 Å². The summed E-state index contributed by atoms with van der Waals surface area (Å²) in [4.78, 5) is 4.83. The van der Waals surface area contributed by atoms with Crippen molar-refractivity contribution in [2.24, 2.45) is 0 Å². The van der Waals surface area contributed by atoms with Gasteiger partial charge in [0.15, 0.2) is 5.69 Å². The summed E-state index contributed by atoms with van der Waals surface area (Å²) in [5.74, 6) is 0. The predicted octanol–water partition coefficient (Wildman–Crippen LogP) is 4.35. The number of aromatic nitrogens is 1. The van der Waals surface area contributed by atoms with Crippen molar-refractivity contribution in [3.63, 3.8) is 0 Å². The zero-order chi connectivity index (χ0) is 14.1. The highest BCUT2D eigenvalue weighted by atomic mass is 35.5. The molecule has 1 rings (SSSR count). The zero-order valence-electron chi connectivity index (χ0n) is 9.18. The van der Waals surface area contributed by atoms with Gasteiger partial charge in [-0.25, -0.2) is 4.98 Å². The first kappa shape index (κ1) is 15.8. The number of nitrogens with zero attached hydrogens (tertiary/aromatic N) is 2. The standard InChI is InChI=1S/C9H7Cl2F3N2S2/c1-16(2)8(17)18-6-4(10)3-15-7(5(6)11)9(12,13)14/h3H,1-2H3. The van der Waals surface area contributed by atoms with Gasteiger partial charge in [0.1, 0.15) is 4.32 Å². The summed E-state index contributed by atoms with van der Waals surface area (Å²) in [6.45, 7) is 0. The van der Waals surface area contributed by atoms with Gasteiger partial charge in [0.25, 0.3) is 0 Å². The van der Waals surface area contributed by atoms with Crippen molar-refractivity contribution in [2.45, 2.75) is 11.1 Å². The number of hydrogen-bond donors (Lipinski definition) is 0. The molecule has 0 N–H and O–H groups in total. The minimum Gasteiger partial charge on any atom is -0.363 e. The first-order valence-corrected chi connectivity index (χ1v) is 6.43. The Morgan fingerprint density at radius 2 is 1.94 bits per heavy atom. The van der Waals surface area contributed by atoms with Crippen molar-refractivity contribution in [1.82, 2.24) is 9.88 Å². The maximum atomic E-state index is 12.6. The van der Waals surface area contributed by atoms with E-state index in [1.807, 2.05) is 0 Å². The van der Waals surface area contributed by atoms with Crippen LogP contribution in [-0.2, 0) is 6.18 Å². The molecular formula is C9H7Cl2F3N2S2. The van der Waals surface area contributed by atoms with Crippen LogP contribution in [-0.4, -0.2) is 28.3 Å². The molecule has 0 fully saturated rings. The second-order valence-corrected chi connectivity index (χ2v) is 5.79. The molecule has 0 saturated heterocycles. The molecule has 1 aromatic heterocycles. The van der Waals surface area contributed by atoms with Gasteiger partial charge in [-0.3, -0.25) is 0 Å². The molecule has 18 heavy (non-hydrogen) atoms. The second kappa shape index (κ2) is 5.81. The van der Waals surface area contributed by atoms with Gasteiger partial charge in [-0.2, -0.15) is 13.2 Å². The van der Waals surface area contributed by atoms with Crippen LogP contribution in [0.2, 0.25) is 10.0 Å². The van der Waals surface area contributed by atoms with Crippen molar-refractivity contribution >= 4 is 51.5 Å². The van der Waals surface area contributed by atoms with Crippen LogP contribution in [0.4, 0.5) is 13.2 Å². The average Bonchev–Trinajstić information content (AvgIpc) is 2.21. The third kappa shape index (κ3) is 3.63. The Morgan fingerprint density at radius 1 is 1.39 bits per heavy atom. The smallest absolute Gasteiger partial charge is 0.363 e. The quantitative estimate of drug-likeness (QED) is 0.560. The van der Waals surface area contributed by atoms with Crippen molar-refractivity contribution in [1.29, 1.82) is 0 Å². The van der Waals surface area contributed by atoms with Gasteiger partial charge in [-0.15, -0.1) is 0 Å². The van der Waals surface area contributed by atoms with Gasteiger partial charge in [0, 0.05) is 20.3 Å². The van der Waals surface area contributed by atoms with Crippen molar-refractivity contribution in [3.8, 4) is 0 Å². The molecule has 9 heteroatoms. The molecule has 0 unspecified atom stereocenters. The van der Waals surface area contributed by atoms with Gasteiger partial charge in [-0.1, -0.05) is 47.2 Å². The van der Waals surface area contributed by atoms with Gasteiger partial charge in [0.2, 0.25) is 0 Å². The third-order valence-electron chi connectivity index (χ3n) is 1.75. The molecule has 0 aliphatic heterocycles. The van der Waals surface area contributed by atoms with Crippen LogP contribution in [0.15, 0.2) is 11.1 Å². The number of thioether (sulfide) groups is 1. The van der Waals surface area contributed by atoms with Gasteiger partial charge in [-0.05, 0) is 0 Å². The number of rotatable bonds is 1. The fraction of sp³-hybridized carbons (Fsp3) is 0.333. The highest BCUT2D eigenvalue weighted by molar-refractivity contribution is 8.23. The molecule has 0 aliphatic rings. The number of hydrogen-bond acceptors (Lipinski definition) is 3. The van der Waals surface area contributed by atoms with Gasteiger partial charge >= 0.3 is 6.18 Å². The largest absolute Gasteiger partial charge is 0.434 e. The van der Waals surface area contributed by atoms with E-state index in [1.54, 1.807) is 19.0 Å². The summed E-state index contributed by atoms with van der Waals surface area (Å²) in [5.41, 5.74) is -1.17. The van der Waals surface area contributed by atoms with E-state index in [0.717, 1.165) is 18.0 Å². The van der Waals surface area contributed by atoms with Crippen LogP contribution < -0.4 is 0 Å². The number of alkyl halides is 3. The molecule has 0 saturated carbocycles. The lowest BCUT2D eigenvalue weighted by atomic mass is 10.3. The third-order valence-corrected chi connectivity index (χ3v) is 4.42. The lowest BCUT2D eigenvalue weighted by Crippen LogP contribution is -2.16. The zero-order valence-corrected chi connectivity index (χ0v) is 12.3. The van der Waals surface area contributed by atoms with Gasteiger partial charge < -0.3 is 4.90 Å². The number of halogens is 5.